The molecule has 43 heavy (non-hydrogen) atoms. The van der Waals surface area contributed by atoms with Crippen LogP contribution in [0.3, 0.4) is 0 Å². The maximum atomic E-state index is 13.9. The molecule has 2 aromatic rings. The Morgan fingerprint density at radius 1 is 1.05 bits per heavy atom. The highest BCUT2D eigenvalue weighted by molar-refractivity contribution is 7.13. The molecule has 4 N–H and O–H groups in total. The Morgan fingerprint density at radius 2 is 1.70 bits per heavy atom. The van der Waals surface area contributed by atoms with Gasteiger partial charge in [0.2, 0.25) is 17.7 Å². The molecule has 10 nitrogen and oxygen atoms in total. The Labute approximate surface area is 257 Å². The standard InChI is InChI=1S/C32H44N4O6S/c1-18(21-10-12-22(13-11-21)27-19(2)33-17-43-27)34-30(41)25-15-24(37)16-36(25)31(42)28(32(3,4)5)35-29(40)23-8-6-20(7-9-23)14-26(38)39/h10-13,17-18,20,23-25,28,37H,6-9,14-16H2,1-5H3,(H,34,41)(H,35,40)(H,38,39)/t18-,20?,23?,24+,25-,28?/m0/s1. The molecular formula is C32H44N4O6S. The van der Waals surface area contributed by atoms with Crippen LogP contribution in [0.4, 0.5) is 0 Å². The third kappa shape index (κ3) is 8.00. The number of nitrogens with one attached hydrogen (secondary N) is 2. The number of β-amino-alcohol motifs (C(OH)–C–C–N with tert-alkyl or cyclic N) is 1. The van der Waals surface area contributed by atoms with E-state index in [-0.39, 0.29) is 49.1 Å². The average molecular weight is 613 g/mol. The van der Waals surface area contributed by atoms with Crippen molar-refractivity contribution in [2.24, 2.45) is 17.3 Å². The highest BCUT2D eigenvalue weighted by Gasteiger charge is 2.45. The molecule has 11 heteroatoms. The summed E-state index contributed by atoms with van der Waals surface area (Å²) in [7, 11) is 0. The first-order chi connectivity index (χ1) is 20.2. The highest BCUT2D eigenvalue weighted by atomic mass is 32.1. The molecule has 0 bridgehead atoms. The third-order valence-corrected chi connectivity index (χ3v) is 9.70. The number of carbonyl (C=O) groups is 4. The van der Waals surface area contributed by atoms with Crippen molar-refractivity contribution < 1.29 is 29.4 Å². The first-order valence-electron chi connectivity index (χ1n) is 15.1. The SMILES string of the molecule is Cc1ncsc1-c1ccc([C@H](C)NC(=O)[C@@H]2C[C@@H](O)CN2C(=O)C(NC(=O)C2CCC(CC(=O)O)CC2)C(C)(C)C)cc1. The van der Waals surface area contributed by atoms with Gasteiger partial charge in [-0.15, -0.1) is 11.3 Å². The van der Waals surface area contributed by atoms with E-state index in [2.05, 4.69) is 15.6 Å². The van der Waals surface area contributed by atoms with Crippen LogP contribution in [0, 0.1) is 24.2 Å². The van der Waals surface area contributed by atoms with Crippen molar-refractivity contribution in [3.63, 3.8) is 0 Å². The molecule has 1 unspecified atom stereocenters. The van der Waals surface area contributed by atoms with Gasteiger partial charge in [0, 0.05) is 25.3 Å². The smallest absolute Gasteiger partial charge is 0.303 e. The second-order valence-electron chi connectivity index (χ2n) is 13.1. The van der Waals surface area contributed by atoms with E-state index in [9.17, 15) is 24.3 Å². The van der Waals surface area contributed by atoms with Gasteiger partial charge in [-0.2, -0.15) is 0 Å². The quantitative estimate of drug-likeness (QED) is 0.334. The Kier molecular flexibility index (Phi) is 10.3. The fraction of sp³-hybridized carbons (Fsp3) is 0.594. The van der Waals surface area contributed by atoms with Crippen LogP contribution in [0.25, 0.3) is 10.4 Å². The topological polar surface area (TPSA) is 149 Å². The number of thiazole rings is 1. The summed E-state index contributed by atoms with van der Waals surface area (Å²) in [5.74, 6) is -2.03. The minimum absolute atomic E-state index is 0.0109. The Hall–Kier alpha value is -3.31. The Bertz CT molecular complexity index is 1310. The van der Waals surface area contributed by atoms with Gasteiger partial charge >= 0.3 is 5.97 Å². The maximum Gasteiger partial charge on any atom is 0.303 e. The van der Waals surface area contributed by atoms with Crippen LogP contribution in [-0.4, -0.2) is 68.5 Å². The molecule has 1 aliphatic heterocycles. The fourth-order valence-corrected chi connectivity index (χ4v) is 6.96. The summed E-state index contributed by atoms with van der Waals surface area (Å²) in [4.78, 5) is 58.6. The first-order valence-corrected chi connectivity index (χ1v) is 15.9. The second-order valence-corrected chi connectivity index (χ2v) is 14.0. The molecular weight excluding hydrogens is 568 g/mol. The molecule has 1 saturated carbocycles. The normalized spacial score (nSPS) is 23.8. The van der Waals surface area contributed by atoms with Crippen molar-refractivity contribution in [1.82, 2.24) is 20.5 Å². The molecule has 2 fully saturated rings. The lowest BCUT2D eigenvalue weighted by molar-refractivity contribution is -0.145. The second kappa shape index (κ2) is 13.5. The molecule has 2 heterocycles. The number of aliphatic hydroxyl groups is 1. The van der Waals surface area contributed by atoms with E-state index >= 15 is 0 Å². The van der Waals surface area contributed by atoms with Gasteiger partial charge in [-0.1, -0.05) is 45.0 Å². The number of nitrogens with zero attached hydrogens (tertiary/aromatic N) is 2. The van der Waals surface area contributed by atoms with E-state index < -0.39 is 35.5 Å². The molecule has 4 rings (SSSR count). The van der Waals surface area contributed by atoms with Crippen LogP contribution in [-0.2, 0) is 19.2 Å². The molecule has 4 atom stereocenters. The summed E-state index contributed by atoms with van der Waals surface area (Å²) < 4.78 is 0. The monoisotopic (exact) mass is 612 g/mol. The number of carbonyl (C=O) groups excluding carboxylic acids is 3. The van der Waals surface area contributed by atoms with Gasteiger partial charge in [0.1, 0.15) is 12.1 Å². The van der Waals surface area contributed by atoms with Crippen molar-refractivity contribution in [2.75, 3.05) is 6.54 Å². The van der Waals surface area contributed by atoms with Gasteiger partial charge in [-0.25, -0.2) is 4.98 Å². The van der Waals surface area contributed by atoms with Crippen molar-refractivity contribution in [3.05, 3.63) is 41.0 Å². The molecule has 0 spiro atoms. The number of aliphatic hydroxyl groups excluding tert-OH is 1. The number of amides is 3. The summed E-state index contributed by atoms with van der Waals surface area (Å²) in [6, 6.07) is 5.85. The zero-order valence-electron chi connectivity index (χ0n) is 25.6. The largest absolute Gasteiger partial charge is 0.481 e. The Balaban J connectivity index is 1.41. The zero-order valence-corrected chi connectivity index (χ0v) is 26.4. The molecule has 1 saturated heterocycles. The van der Waals surface area contributed by atoms with E-state index in [1.54, 1.807) is 11.3 Å². The molecule has 3 amide bonds. The number of rotatable bonds is 9. The van der Waals surface area contributed by atoms with Gasteiger partial charge in [0.05, 0.1) is 28.2 Å². The fourth-order valence-electron chi connectivity index (χ4n) is 6.15. The van der Waals surface area contributed by atoms with Gasteiger partial charge in [-0.3, -0.25) is 19.2 Å². The lowest BCUT2D eigenvalue weighted by Crippen LogP contribution is -2.58. The van der Waals surface area contributed by atoms with E-state index in [1.165, 1.54) is 4.90 Å². The summed E-state index contributed by atoms with van der Waals surface area (Å²) >= 11 is 1.58. The van der Waals surface area contributed by atoms with Crippen LogP contribution in [0.15, 0.2) is 29.8 Å². The number of hydrogen-bond acceptors (Lipinski definition) is 7. The van der Waals surface area contributed by atoms with E-state index in [0.717, 1.165) is 21.7 Å². The highest BCUT2D eigenvalue weighted by Crippen LogP contribution is 2.33. The summed E-state index contributed by atoms with van der Waals surface area (Å²) in [6.07, 6.45) is 1.84. The van der Waals surface area contributed by atoms with E-state index in [4.69, 9.17) is 5.11 Å². The van der Waals surface area contributed by atoms with E-state index in [0.29, 0.717) is 25.7 Å². The first kappa shape index (κ1) is 32.6. The lowest BCUT2D eigenvalue weighted by atomic mass is 9.79. The Morgan fingerprint density at radius 3 is 2.26 bits per heavy atom. The van der Waals surface area contributed by atoms with Crippen molar-refractivity contribution in [3.8, 4) is 10.4 Å². The van der Waals surface area contributed by atoms with Crippen molar-refractivity contribution in [2.45, 2.75) is 97.4 Å². The zero-order chi connectivity index (χ0) is 31.5. The molecule has 1 aromatic carbocycles. The molecule has 1 aromatic heterocycles. The van der Waals surface area contributed by atoms with Crippen LogP contribution >= 0.6 is 11.3 Å². The summed E-state index contributed by atoms with van der Waals surface area (Å²) in [5.41, 5.74) is 4.11. The number of benzene rings is 1. The number of carboxylic acid groups (broad SMARTS) is 1. The molecule has 234 valence electrons. The molecule has 1 aliphatic carbocycles. The predicted octanol–water partition coefficient (Wildman–Crippen LogP) is 4.07. The third-order valence-electron chi connectivity index (χ3n) is 8.72. The van der Waals surface area contributed by atoms with Crippen LogP contribution in [0.5, 0.6) is 0 Å². The van der Waals surface area contributed by atoms with Crippen LogP contribution in [0.2, 0.25) is 0 Å². The van der Waals surface area contributed by atoms with Gasteiger partial charge < -0.3 is 25.7 Å². The summed E-state index contributed by atoms with van der Waals surface area (Å²) in [6.45, 7) is 9.45. The van der Waals surface area contributed by atoms with Crippen molar-refractivity contribution in [1.29, 1.82) is 0 Å². The van der Waals surface area contributed by atoms with Gasteiger partial charge in [0.15, 0.2) is 0 Å². The number of likely N-dealkylation sites (tertiary alicyclic amines) is 1. The van der Waals surface area contributed by atoms with E-state index in [1.807, 2.05) is 64.4 Å². The maximum absolute atomic E-state index is 13.9. The summed E-state index contributed by atoms with van der Waals surface area (Å²) in [5, 5.41) is 25.6. The minimum atomic E-state index is -0.891. The molecule has 0 radical (unpaired) electrons. The minimum Gasteiger partial charge on any atom is -0.481 e. The van der Waals surface area contributed by atoms with Gasteiger partial charge in [0.25, 0.3) is 0 Å². The average Bonchev–Trinajstić information content (AvgIpc) is 3.56. The predicted molar refractivity (Wildman–Crippen MR) is 164 cm³/mol. The number of aromatic nitrogens is 1. The number of aryl methyl sites for hydroxylation is 1. The van der Waals surface area contributed by atoms with Crippen molar-refractivity contribution >= 4 is 35.0 Å². The number of hydrogen-bond donors (Lipinski definition) is 4. The molecule has 2 aliphatic rings. The van der Waals surface area contributed by atoms with Crippen LogP contribution < -0.4 is 10.6 Å². The van der Waals surface area contributed by atoms with Gasteiger partial charge in [-0.05, 0) is 62.0 Å². The van der Waals surface area contributed by atoms with Crippen LogP contribution in [0.1, 0.15) is 83.5 Å². The number of carboxylic acids is 1. The lowest BCUT2D eigenvalue weighted by Gasteiger charge is -2.37. The number of aliphatic carboxylic acids is 1.